The molecule has 32 heavy (non-hydrogen) atoms. The summed E-state index contributed by atoms with van der Waals surface area (Å²) in [5.41, 5.74) is 11.9. The molecule has 3 atom stereocenters. The zero-order valence-corrected chi connectivity index (χ0v) is 18.7. The summed E-state index contributed by atoms with van der Waals surface area (Å²) in [4.78, 5) is 52.1. The largest absolute Gasteiger partial charge is 0.344 e. The lowest BCUT2D eigenvalue weighted by Crippen LogP contribution is -2.55. The molecule has 0 aliphatic carbocycles. The van der Waals surface area contributed by atoms with Crippen LogP contribution in [0.5, 0.6) is 0 Å². The van der Waals surface area contributed by atoms with Gasteiger partial charge in [0.15, 0.2) is 0 Å². The Hall–Kier alpha value is -2.62. The van der Waals surface area contributed by atoms with Gasteiger partial charge in [-0.1, -0.05) is 30.3 Å². The van der Waals surface area contributed by atoms with Gasteiger partial charge in [-0.25, -0.2) is 0 Å². The number of unbranched alkanes of at least 4 members (excludes halogenated alkanes) is 1. The number of benzene rings is 1. The zero-order chi connectivity index (χ0) is 23.5. The highest BCUT2D eigenvalue weighted by atomic mass is 16.2. The number of nitrogens with one attached hydrogen (secondary N) is 2. The second-order valence-corrected chi connectivity index (χ2v) is 8.06. The fourth-order valence-corrected chi connectivity index (χ4v) is 3.99. The van der Waals surface area contributed by atoms with Crippen LogP contribution >= 0.6 is 0 Å². The second kappa shape index (κ2) is 13.0. The van der Waals surface area contributed by atoms with Crippen molar-refractivity contribution in [2.45, 2.75) is 56.7 Å². The van der Waals surface area contributed by atoms with Crippen LogP contribution in [0, 0.1) is 0 Å². The quantitative estimate of drug-likeness (QED) is 0.237. The van der Waals surface area contributed by atoms with Gasteiger partial charge in [0.1, 0.15) is 6.04 Å². The average molecular weight is 446 g/mol. The number of amides is 2. The Morgan fingerprint density at radius 3 is 2.44 bits per heavy atom. The Labute approximate surface area is 189 Å². The van der Waals surface area contributed by atoms with Gasteiger partial charge in [0, 0.05) is 6.54 Å². The van der Waals surface area contributed by atoms with Crippen molar-refractivity contribution in [3.05, 3.63) is 35.9 Å². The first-order chi connectivity index (χ1) is 15.4. The van der Waals surface area contributed by atoms with Gasteiger partial charge in [-0.05, 0) is 57.7 Å². The van der Waals surface area contributed by atoms with E-state index in [0.29, 0.717) is 51.6 Å². The average Bonchev–Trinajstić information content (AvgIpc) is 3.31. The number of nitrogens with two attached hydrogens (primary N) is 2. The summed E-state index contributed by atoms with van der Waals surface area (Å²) in [5.74, 6) is -1.99. The lowest BCUT2D eigenvalue weighted by molar-refractivity contribution is -0.142. The molecule has 0 radical (unpaired) electrons. The van der Waals surface area contributed by atoms with Gasteiger partial charge in [0.25, 0.3) is 0 Å². The smallest absolute Gasteiger partial charge is 0.243 e. The Bertz CT molecular complexity index is 786. The summed E-state index contributed by atoms with van der Waals surface area (Å²) in [6, 6.07) is 7.58. The summed E-state index contributed by atoms with van der Waals surface area (Å²) >= 11 is 0. The molecule has 1 aliphatic heterocycles. The van der Waals surface area contributed by atoms with E-state index in [4.69, 9.17) is 11.5 Å². The third kappa shape index (κ3) is 6.94. The highest BCUT2D eigenvalue weighted by Gasteiger charge is 2.38. The maximum atomic E-state index is 13.2. The summed E-state index contributed by atoms with van der Waals surface area (Å²) in [6.07, 6.45) is 3.28. The number of Topliss-reactive ketones (excluding diaryl/α,β-unsaturated/α-hetero) is 2. The molecule has 1 saturated heterocycles. The van der Waals surface area contributed by atoms with Crippen molar-refractivity contribution in [1.82, 2.24) is 15.5 Å². The number of rotatable bonds is 13. The number of likely N-dealkylation sites (N-methyl/N-ethyl adjacent to an activating group) is 1. The van der Waals surface area contributed by atoms with Crippen molar-refractivity contribution < 1.29 is 19.2 Å². The monoisotopic (exact) mass is 445 g/mol. The third-order valence-electron chi connectivity index (χ3n) is 5.81. The van der Waals surface area contributed by atoms with E-state index in [-0.39, 0.29) is 5.91 Å². The van der Waals surface area contributed by atoms with Gasteiger partial charge in [-0.15, -0.1) is 0 Å². The van der Waals surface area contributed by atoms with Crippen molar-refractivity contribution in [2.75, 3.05) is 26.7 Å². The molecule has 9 heteroatoms. The highest BCUT2D eigenvalue weighted by Crippen LogP contribution is 2.20. The van der Waals surface area contributed by atoms with E-state index < -0.39 is 42.1 Å². The van der Waals surface area contributed by atoms with Crippen LogP contribution in [0.1, 0.15) is 37.7 Å². The molecule has 1 aliphatic rings. The molecule has 0 aromatic heterocycles. The molecule has 2 amide bonds. The van der Waals surface area contributed by atoms with Gasteiger partial charge in [0.2, 0.25) is 23.4 Å². The molecule has 1 aromatic rings. The van der Waals surface area contributed by atoms with Crippen LogP contribution < -0.4 is 22.1 Å². The molecular weight excluding hydrogens is 410 g/mol. The number of ketones is 2. The van der Waals surface area contributed by atoms with Crippen molar-refractivity contribution in [2.24, 2.45) is 11.5 Å². The first-order valence-corrected chi connectivity index (χ1v) is 11.2. The zero-order valence-electron chi connectivity index (χ0n) is 18.7. The summed E-state index contributed by atoms with van der Waals surface area (Å²) in [6.45, 7) is 0.522. The summed E-state index contributed by atoms with van der Waals surface area (Å²) in [5, 5.41) is 5.76. The maximum Gasteiger partial charge on any atom is 0.243 e. The molecule has 2 rings (SSSR count). The van der Waals surface area contributed by atoms with Crippen LogP contribution in [0.3, 0.4) is 0 Å². The van der Waals surface area contributed by atoms with Crippen molar-refractivity contribution in [3.8, 4) is 0 Å². The van der Waals surface area contributed by atoms with Crippen LogP contribution in [0.2, 0.25) is 0 Å². The van der Waals surface area contributed by atoms with Crippen LogP contribution in [-0.2, 0) is 25.6 Å². The number of hydrogen-bond donors (Lipinski definition) is 4. The van der Waals surface area contributed by atoms with Crippen molar-refractivity contribution in [3.63, 3.8) is 0 Å². The minimum atomic E-state index is -0.952. The van der Waals surface area contributed by atoms with Gasteiger partial charge < -0.3 is 27.0 Å². The molecule has 0 saturated carbocycles. The number of hydrogen-bond acceptors (Lipinski definition) is 7. The molecule has 0 bridgehead atoms. The van der Waals surface area contributed by atoms with E-state index in [1.165, 1.54) is 0 Å². The second-order valence-electron chi connectivity index (χ2n) is 8.06. The highest BCUT2D eigenvalue weighted by molar-refractivity contribution is 6.40. The van der Waals surface area contributed by atoms with Crippen LogP contribution in [0.15, 0.2) is 30.3 Å². The normalized spacial score (nSPS) is 17.6. The van der Waals surface area contributed by atoms with Crippen LogP contribution in [0.25, 0.3) is 0 Å². The predicted molar refractivity (Wildman–Crippen MR) is 122 cm³/mol. The SMILES string of the molecule is CN[C@H](Cc1ccccc1)C(=O)N1CCC[C@H]1C(=O)N[C@@H](CCCCN)C(=O)C(=O)CN. The Balaban J connectivity index is 2.08. The Morgan fingerprint density at radius 1 is 1.09 bits per heavy atom. The standard InChI is InChI=1S/C23H35N5O4/c1-26-18(14-16-8-3-2-4-9-16)23(32)28-13-7-11-19(28)22(31)27-17(10-5-6-12-24)21(30)20(29)15-25/h2-4,8-9,17-19,26H,5-7,10-15,24-25H2,1H3,(H,27,31)/t17-,18+,19-/m0/s1. The molecule has 1 heterocycles. The van der Waals surface area contributed by atoms with Gasteiger partial charge >= 0.3 is 0 Å². The van der Waals surface area contributed by atoms with Crippen LogP contribution in [0.4, 0.5) is 0 Å². The minimum Gasteiger partial charge on any atom is -0.344 e. The first kappa shape index (κ1) is 25.6. The van der Waals surface area contributed by atoms with E-state index in [1.54, 1.807) is 11.9 Å². The van der Waals surface area contributed by atoms with Crippen molar-refractivity contribution >= 4 is 23.4 Å². The summed E-state index contributed by atoms with van der Waals surface area (Å²) < 4.78 is 0. The number of carbonyl (C=O) groups excluding carboxylic acids is 4. The van der Waals surface area contributed by atoms with Gasteiger partial charge in [-0.3, -0.25) is 19.2 Å². The number of nitrogens with zero attached hydrogens (tertiary/aromatic N) is 1. The van der Waals surface area contributed by atoms with Gasteiger partial charge in [0.05, 0.1) is 18.6 Å². The topological polar surface area (TPSA) is 148 Å². The molecule has 9 nitrogen and oxygen atoms in total. The Morgan fingerprint density at radius 2 is 1.81 bits per heavy atom. The molecular formula is C23H35N5O4. The minimum absolute atomic E-state index is 0.155. The lowest BCUT2D eigenvalue weighted by atomic mass is 10.0. The van der Waals surface area contributed by atoms with Crippen LogP contribution in [-0.4, -0.2) is 73.1 Å². The molecule has 6 N–H and O–H groups in total. The fraction of sp³-hybridized carbons (Fsp3) is 0.565. The predicted octanol–water partition coefficient (Wildman–Crippen LogP) is -0.481. The third-order valence-corrected chi connectivity index (χ3v) is 5.81. The molecule has 1 aromatic carbocycles. The molecule has 176 valence electrons. The fourth-order valence-electron chi connectivity index (χ4n) is 3.99. The van der Waals surface area contributed by atoms with E-state index in [1.807, 2.05) is 30.3 Å². The van der Waals surface area contributed by atoms with Gasteiger partial charge in [-0.2, -0.15) is 0 Å². The first-order valence-electron chi connectivity index (χ1n) is 11.2. The molecule has 0 unspecified atom stereocenters. The molecule has 1 fully saturated rings. The van der Waals surface area contributed by atoms with E-state index in [0.717, 1.165) is 5.56 Å². The van der Waals surface area contributed by atoms with E-state index >= 15 is 0 Å². The maximum absolute atomic E-state index is 13.2. The molecule has 0 spiro atoms. The van der Waals surface area contributed by atoms with Crippen molar-refractivity contribution in [1.29, 1.82) is 0 Å². The number of likely N-dealkylation sites (tertiary alicyclic amines) is 1. The Kier molecular flexibility index (Phi) is 10.5. The lowest BCUT2D eigenvalue weighted by Gasteiger charge is -2.29. The van der Waals surface area contributed by atoms with E-state index in [2.05, 4.69) is 10.6 Å². The summed E-state index contributed by atoms with van der Waals surface area (Å²) in [7, 11) is 1.72. The van der Waals surface area contributed by atoms with E-state index in [9.17, 15) is 19.2 Å². The number of carbonyl (C=O) groups is 4.